The van der Waals surface area contributed by atoms with E-state index in [4.69, 9.17) is 9.72 Å². The smallest absolute Gasteiger partial charge is 0.122 e. The minimum Gasteiger partial charge on any atom is -0.491 e. The summed E-state index contributed by atoms with van der Waals surface area (Å²) in [5, 5.41) is 10.8. The molecule has 1 unspecified atom stereocenters. The highest BCUT2D eigenvalue weighted by molar-refractivity contribution is 5.76. The average Bonchev–Trinajstić information content (AvgIpc) is 3.09. The number of aliphatic hydroxyl groups excluding tert-OH is 1. The van der Waals surface area contributed by atoms with Gasteiger partial charge in [-0.25, -0.2) is 4.98 Å². The average molecular weight is 393 g/mol. The molecular formula is C25H32N2O2. The maximum atomic E-state index is 10.8. The number of aromatic nitrogens is 2. The lowest BCUT2D eigenvalue weighted by atomic mass is 9.88. The summed E-state index contributed by atoms with van der Waals surface area (Å²) in [6.07, 6.45) is 5.66. The van der Waals surface area contributed by atoms with Crippen LogP contribution in [0.1, 0.15) is 60.5 Å². The number of benzene rings is 2. The van der Waals surface area contributed by atoms with Crippen molar-refractivity contribution in [2.24, 2.45) is 0 Å². The lowest BCUT2D eigenvalue weighted by Crippen LogP contribution is -2.25. The van der Waals surface area contributed by atoms with Crippen LogP contribution in [0.5, 0.6) is 5.75 Å². The van der Waals surface area contributed by atoms with Crippen LogP contribution in [0, 0.1) is 20.8 Å². The molecule has 0 bridgehead atoms. The predicted octanol–water partition coefficient (Wildman–Crippen LogP) is 5.45. The maximum Gasteiger partial charge on any atom is 0.122 e. The van der Waals surface area contributed by atoms with Gasteiger partial charge in [0.1, 0.15) is 24.3 Å². The standard InChI is InChI=1S/C25H32N2O2/c1-17-13-18(2)19(3)24(14-17)29-16-21(28)15-27-23-12-8-7-11-22(23)26-25(27)20-9-5-4-6-10-20/h7-8,11-14,20-21,28H,4-6,9-10,15-16H2,1-3H3. The number of ether oxygens (including phenoxy) is 1. The summed E-state index contributed by atoms with van der Waals surface area (Å²) >= 11 is 0. The van der Waals surface area contributed by atoms with Crippen molar-refractivity contribution in [2.45, 2.75) is 71.4 Å². The van der Waals surface area contributed by atoms with Gasteiger partial charge in [-0.3, -0.25) is 0 Å². The maximum absolute atomic E-state index is 10.8. The third-order valence-electron chi connectivity index (χ3n) is 6.24. The quantitative estimate of drug-likeness (QED) is 0.607. The van der Waals surface area contributed by atoms with Crippen LogP contribution in [0.2, 0.25) is 0 Å². The lowest BCUT2D eigenvalue weighted by molar-refractivity contribution is 0.0918. The van der Waals surface area contributed by atoms with Crippen LogP contribution in [0.3, 0.4) is 0 Å². The van der Waals surface area contributed by atoms with Crippen molar-refractivity contribution in [3.63, 3.8) is 0 Å². The Morgan fingerprint density at radius 3 is 2.66 bits per heavy atom. The summed E-state index contributed by atoms with van der Waals surface area (Å²) in [5.74, 6) is 2.49. The van der Waals surface area contributed by atoms with E-state index in [0.29, 0.717) is 12.5 Å². The molecule has 0 saturated heterocycles. The molecule has 29 heavy (non-hydrogen) atoms. The van der Waals surface area contributed by atoms with E-state index in [0.717, 1.165) is 28.2 Å². The number of nitrogens with zero attached hydrogens (tertiary/aromatic N) is 2. The molecule has 4 rings (SSSR count). The van der Waals surface area contributed by atoms with Crippen LogP contribution in [0.4, 0.5) is 0 Å². The zero-order valence-electron chi connectivity index (χ0n) is 17.8. The molecule has 1 aromatic heterocycles. The van der Waals surface area contributed by atoms with E-state index in [2.05, 4.69) is 49.6 Å². The number of hydrogen-bond donors (Lipinski definition) is 1. The summed E-state index contributed by atoms with van der Waals surface area (Å²) in [7, 11) is 0. The number of rotatable bonds is 6. The van der Waals surface area contributed by atoms with Crippen LogP contribution in [-0.4, -0.2) is 27.4 Å². The first kappa shape index (κ1) is 20.0. The second-order valence-electron chi connectivity index (χ2n) is 8.57. The molecule has 1 aliphatic rings. The molecule has 3 aromatic rings. The molecule has 0 radical (unpaired) electrons. The zero-order chi connectivity index (χ0) is 20.4. The normalized spacial score (nSPS) is 16.3. The number of fused-ring (bicyclic) bond motifs is 1. The van der Waals surface area contributed by atoms with Crippen molar-refractivity contribution < 1.29 is 9.84 Å². The molecule has 2 aromatic carbocycles. The third kappa shape index (κ3) is 4.32. The van der Waals surface area contributed by atoms with E-state index < -0.39 is 6.10 Å². The molecule has 1 N–H and O–H groups in total. The first-order chi connectivity index (χ1) is 14.0. The fourth-order valence-electron chi connectivity index (χ4n) is 4.56. The van der Waals surface area contributed by atoms with Gasteiger partial charge >= 0.3 is 0 Å². The van der Waals surface area contributed by atoms with E-state index >= 15 is 0 Å². The highest BCUT2D eigenvalue weighted by atomic mass is 16.5. The second kappa shape index (κ2) is 8.58. The Hall–Kier alpha value is -2.33. The summed E-state index contributed by atoms with van der Waals surface area (Å²) in [4.78, 5) is 4.96. The SMILES string of the molecule is Cc1cc(C)c(C)c(OCC(O)Cn2c(C3CCCCC3)nc3ccccc32)c1. The fourth-order valence-corrected chi connectivity index (χ4v) is 4.56. The van der Waals surface area contributed by atoms with Gasteiger partial charge in [0.2, 0.25) is 0 Å². The number of imidazole rings is 1. The molecule has 1 saturated carbocycles. The number of para-hydroxylation sites is 2. The second-order valence-corrected chi connectivity index (χ2v) is 8.57. The van der Waals surface area contributed by atoms with E-state index in [-0.39, 0.29) is 6.61 Å². The molecule has 4 heteroatoms. The molecule has 0 spiro atoms. The van der Waals surface area contributed by atoms with E-state index in [9.17, 15) is 5.11 Å². The summed E-state index contributed by atoms with van der Waals surface area (Å²) in [6.45, 7) is 7.03. The van der Waals surface area contributed by atoms with Gasteiger partial charge in [0.15, 0.2) is 0 Å². The monoisotopic (exact) mass is 392 g/mol. The highest BCUT2D eigenvalue weighted by Crippen LogP contribution is 2.34. The molecule has 1 atom stereocenters. The Bertz CT molecular complexity index is 986. The molecule has 0 aliphatic heterocycles. The molecule has 1 aliphatic carbocycles. The number of aliphatic hydroxyl groups is 1. The van der Waals surface area contributed by atoms with Crippen molar-refractivity contribution in [3.05, 3.63) is 58.9 Å². The first-order valence-corrected chi connectivity index (χ1v) is 10.9. The van der Waals surface area contributed by atoms with Crippen molar-refractivity contribution in [1.29, 1.82) is 0 Å². The number of aryl methyl sites for hydroxylation is 2. The Kier molecular flexibility index (Phi) is 5.91. The van der Waals surface area contributed by atoms with Gasteiger partial charge in [-0.15, -0.1) is 0 Å². The van der Waals surface area contributed by atoms with Gasteiger partial charge in [-0.05, 0) is 68.5 Å². The Morgan fingerprint density at radius 2 is 1.86 bits per heavy atom. The predicted molar refractivity (Wildman–Crippen MR) is 118 cm³/mol. The largest absolute Gasteiger partial charge is 0.491 e. The Balaban J connectivity index is 1.54. The Morgan fingerprint density at radius 1 is 1.10 bits per heavy atom. The topological polar surface area (TPSA) is 47.3 Å². The molecular weight excluding hydrogens is 360 g/mol. The van der Waals surface area contributed by atoms with E-state index in [1.54, 1.807) is 0 Å². The van der Waals surface area contributed by atoms with Crippen molar-refractivity contribution >= 4 is 11.0 Å². The lowest BCUT2D eigenvalue weighted by Gasteiger charge is -2.23. The summed E-state index contributed by atoms with van der Waals surface area (Å²) in [5.41, 5.74) is 5.66. The van der Waals surface area contributed by atoms with E-state index in [1.807, 2.05) is 12.1 Å². The van der Waals surface area contributed by atoms with Crippen molar-refractivity contribution in [1.82, 2.24) is 9.55 Å². The molecule has 154 valence electrons. The van der Waals surface area contributed by atoms with Crippen LogP contribution >= 0.6 is 0 Å². The zero-order valence-corrected chi connectivity index (χ0v) is 17.8. The molecule has 1 fully saturated rings. The van der Waals surface area contributed by atoms with Gasteiger partial charge in [-0.2, -0.15) is 0 Å². The van der Waals surface area contributed by atoms with Gasteiger partial charge in [0, 0.05) is 5.92 Å². The minimum absolute atomic E-state index is 0.278. The van der Waals surface area contributed by atoms with Crippen LogP contribution in [-0.2, 0) is 6.54 Å². The fraction of sp³-hybridized carbons (Fsp3) is 0.480. The molecule has 0 amide bonds. The van der Waals surface area contributed by atoms with Crippen molar-refractivity contribution in [2.75, 3.05) is 6.61 Å². The summed E-state index contributed by atoms with van der Waals surface area (Å²) < 4.78 is 8.25. The Labute approximate surface area is 173 Å². The van der Waals surface area contributed by atoms with Gasteiger partial charge < -0.3 is 14.4 Å². The highest BCUT2D eigenvalue weighted by Gasteiger charge is 2.23. The van der Waals surface area contributed by atoms with E-state index in [1.165, 1.54) is 43.2 Å². The summed E-state index contributed by atoms with van der Waals surface area (Å²) in [6, 6.07) is 12.5. The minimum atomic E-state index is -0.588. The van der Waals surface area contributed by atoms with Crippen molar-refractivity contribution in [3.8, 4) is 5.75 Å². The van der Waals surface area contributed by atoms with Gasteiger partial charge in [0.05, 0.1) is 17.6 Å². The molecule has 4 nitrogen and oxygen atoms in total. The number of hydrogen-bond acceptors (Lipinski definition) is 3. The third-order valence-corrected chi connectivity index (χ3v) is 6.24. The van der Waals surface area contributed by atoms with Gasteiger partial charge in [-0.1, -0.05) is 37.5 Å². The first-order valence-electron chi connectivity index (χ1n) is 10.9. The van der Waals surface area contributed by atoms with Gasteiger partial charge in [0.25, 0.3) is 0 Å². The molecule has 1 heterocycles. The van der Waals surface area contributed by atoms with Crippen LogP contribution in [0.25, 0.3) is 11.0 Å². The van der Waals surface area contributed by atoms with Crippen LogP contribution in [0.15, 0.2) is 36.4 Å². The van der Waals surface area contributed by atoms with Crippen LogP contribution < -0.4 is 4.74 Å².